The first-order chi connectivity index (χ1) is 9.11. The van der Waals surface area contributed by atoms with E-state index in [1.165, 1.54) is 5.56 Å². The summed E-state index contributed by atoms with van der Waals surface area (Å²) in [6, 6.07) is 11.1. The zero-order chi connectivity index (χ0) is 14.1. The third-order valence-corrected chi connectivity index (χ3v) is 3.05. The molecule has 2 N–H and O–H groups in total. The van der Waals surface area contributed by atoms with Crippen LogP contribution in [0.2, 0.25) is 0 Å². The summed E-state index contributed by atoms with van der Waals surface area (Å²) in [4.78, 5) is 11.5. The van der Waals surface area contributed by atoms with E-state index >= 15 is 0 Å². The average molecular weight is 262 g/mol. The summed E-state index contributed by atoms with van der Waals surface area (Å²) in [6.07, 6.45) is 2.63. The van der Waals surface area contributed by atoms with Crippen LogP contribution >= 0.6 is 0 Å². The van der Waals surface area contributed by atoms with Crippen molar-refractivity contribution in [3.05, 3.63) is 35.9 Å². The molecule has 1 aromatic carbocycles. The largest absolute Gasteiger partial charge is 0.354 e. The van der Waals surface area contributed by atoms with Crippen molar-refractivity contribution < 1.29 is 4.79 Å². The highest BCUT2D eigenvalue weighted by Gasteiger charge is 2.08. The number of hydrogen-bond donors (Lipinski definition) is 2. The Labute approximate surface area is 116 Å². The number of benzene rings is 1. The third kappa shape index (κ3) is 6.97. The summed E-state index contributed by atoms with van der Waals surface area (Å²) in [7, 11) is 0. The highest BCUT2D eigenvalue weighted by atomic mass is 16.1. The summed E-state index contributed by atoms with van der Waals surface area (Å²) in [5.74, 6) is 0.122. The molecule has 1 amide bonds. The van der Waals surface area contributed by atoms with Gasteiger partial charge in [0, 0.05) is 25.0 Å². The molecule has 1 atom stereocenters. The second-order valence-corrected chi connectivity index (χ2v) is 5.22. The van der Waals surface area contributed by atoms with Gasteiger partial charge in [-0.15, -0.1) is 0 Å². The van der Waals surface area contributed by atoms with Crippen LogP contribution in [0.15, 0.2) is 30.3 Å². The monoisotopic (exact) mass is 262 g/mol. The molecule has 0 aliphatic heterocycles. The van der Waals surface area contributed by atoms with Gasteiger partial charge in [0.25, 0.3) is 0 Å². The molecule has 0 aromatic heterocycles. The molecule has 0 bridgehead atoms. The zero-order valence-electron chi connectivity index (χ0n) is 12.3. The van der Waals surface area contributed by atoms with Crippen molar-refractivity contribution in [1.29, 1.82) is 0 Å². The third-order valence-electron chi connectivity index (χ3n) is 3.05. The van der Waals surface area contributed by atoms with Gasteiger partial charge in [-0.3, -0.25) is 4.79 Å². The second-order valence-electron chi connectivity index (χ2n) is 5.22. The van der Waals surface area contributed by atoms with Crippen LogP contribution in [0.4, 0.5) is 0 Å². The molecule has 0 radical (unpaired) electrons. The van der Waals surface area contributed by atoms with Crippen LogP contribution in [0, 0.1) is 0 Å². The van der Waals surface area contributed by atoms with Crippen LogP contribution in [0.3, 0.4) is 0 Å². The lowest BCUT2D eigenvalue weighted by atomic mass is 10.0. The minimum Gasteiger partial charge on any atom is -0.354 e. The number of carbonyl (C=O) groups excluding carboxylic acids is 1. The molecule has 0 spiro atoms. The Morgan fingerprint density at radius 2 is 1.89 bits per heavy atom. The van der Waals surface area contributed by atoms with E-state index in [1.807, 2.05) is 19.9 Å². The normalized spacial score (nSPS) is 12.4. The van der Waals surface area contributed by atoms with Gasteiger partial charge in [-0.05, 0) is 32.3 Å². The molecule has 0 fully saturated rings. The SMILES string of the molecule is CCC(Cc1ccccc1)NCCC(=O)NC(C)C. The quantitative estimate of drug-likeness (QED) is 0.756. The minimum absolute atomic E-state index is 0.122. The maximum absolute atomic E-state index is 11.5. The Morgan fingerprint density at radius 3 is 2.47 bits per heavy atom. The van der Waals surface area contributed by atoms with Crippen LogP contribution in [-0.4, -0.2) is 24.5 Å². The number of amides is 1. The van der Waals surface area contributed by atoms with Crippen molar-refractivity contribution in [2.75, 3.05) is 6.54 Å². The lowest BCUT2D eigenvalue weighted by Gasteiger charge is -2.17. The number of nitrogens with one attached hydrogen (secondary N) is 2. The Balaban J connectivity index is 2.27. The van der Waals surface area contributed by atoms with Gasteiger partial charge in [-0.1, -0.05) is 37.3 Å². The molecule has 1 unspecified atom stereocenters. The minimum atomic E-state index is 0.122. The lowest BCUT2D eigenvalue weighted by Crippen LogP contribution is -2.36. The van der Waals surface area contributed by atoms with E-state index in [2.05, 4.69) is 41.8 Å². The molecule has 19 heavy (non-hydrogen) atoms. The molecular weight excluding hydrogens is 236 g/mol. The fraction of sp³-hybridized carbons (Fsp3) is 0.562. The van der Waals surface area contributed by atoms with Crippen LogP contribution in [0.1, 0.15) is 39.2 Å². The molecule has 1 aromatic rings. The van der Waals surface area contributed by atoms with Gasteiger partial charge in [-0.25, -0.2) is 0 Å². The van der Waals surface area contributed by atoms with Crippen molar-refractivity contribution in [2.45, 2.75) is 52.1 Å². The molecule has 0 saturated heterocycles. The molecular formula is C16H26N2O. The van der Waals surface area contributed by atoms with Crippen molar-refractivity contribution in [2.24, 2.45) is 0 Å². The zero-order valence-corrected chi connectivity index (χ0v) is 12.3. The highest BCUT2D eigenvalue weighted by Crippen LogP contribution is 2.05. The standard InChI is InChI=1S/C16H26N2O/c1-4-15(12-14-8-6-5-7-9-14)17-11-10-16(19)18-13(2)3/h5-9,13,15,17H,4,10-12H2,1-3H3,(H,18,19). The first-order valence-electron chi connectivity index (χ1n) is 7.18. The maximum atomic E-state index is 11.5. The Kier molecular flexibility index (Phi) is 7.19. The van der Waals surface area contributed by atoms with Crippen LogP contribution < -0.4 is 10.6 Å². The topological polar surface area (TPSA) is 41.1 Å². The Bertz CT molecular complexity index is 362. The molecule has 0 aliphatic rings. The van der Waals surface area contributed by atoms with E-state index in [0.717, 1.165) is 19.4 Å². The van der Waals surface area contributed by atoms with Crippen LogP contribution in [0.5, 0.6) is 0 Å². The van der Waals surface area contributed by atoms with E-state index in [1.54, 1.807) is 0 Å². The summed E-state index contributed by atoms with van der Waals surface area (Å²) >= 11 is 0. The molecule has 1 rings (SSSR count). The van der Waals surface area contributed by atoms with Crippen molar-refractivity contribution in [3.8, 4) is 0 Å². The fourth-order valence-electron chi connectivity index (χ4n) is 2.04. The summed E-state index contributed by atoms with van der Waals surface area (Å²) < 4.78 is 0. The molecule has 0 aliphatic carbocycles. The van der Waals surface area contributed by atoms with Gasteiger partial charge in [0.2, 0.25) is 5.91 Å². The number of hydrogen-bond acceptors (Lipinski definition) is 2. The van der Waals surface area contributed by atoms with E-state index in [-0.39, 0.29) is 11.9 Å². The number of rotatable bonds is 8. The Hall–Kier alpha value is -1.35. The predicted molar refractivity (Wildman–Crippen MR) is 80.1 cm³/mol. The van der Waals surface area contributed by atoms with Crippen molar-refractivity contribution in [1.82, 2.24) is 10.6 Å². The van der Waals surface area contributed by atoms with Gasteiger partial charge in [0.1, 0.15) is 0 Å². The molecule has 106 valence electrons. The van der Waals surface area contributed by atoms with Crippen molar-refractivity contribution >= 4 is 5.91 Å². The smallest absolute Gasteiger partial charge is 0.221 e. The molecule has 0 saturated carbocycles. The van der Waals surface area contributed by atoms with E-state index in [0.29, 0.717) is 12.5 Å². The summed E-state index contributed by atoms with van der Waals surface area (Å²) in [5, 5.41) is 6.37. The van der Waals surface area contributed by atoms with Gasteiger partial charge in [-0.2, -0.15) is 0 Å². The van der Waals surface area contributed by atoms with Crippen LogP contribution in [0.25, 0.3) is 0 Å². The van der Waals surface area contributed by atoms with Crippen LogP contribution in [-0.2, 0) is 11.2 Å². The maximum Gasteiger partial charge on any atom is 0.221 e. The predicted octanol–water partition coefficient (Wildman–Crippen LogP) is 2.51. The first-order valence-corrected chi connectivity index (χ1v) is 7.18. The molecule has 3 heteroatoms. The van der Waals surface area contributed by atoms with E-state index in [9.17, 15) is 4.79 Å². The highest BCUT2D eigenvalue weighted by molar-refractivity contribution is 5.76. The van der Waals surface area contributed by atoms with Crippen molar-refractivity contribution in [3.63, 3.8) is 0 Å². The average Bonchev–Trinajstić information content (AvgIpc) is 2.38. The first kappa shape index (κ1) is 15.7. The number of carbonyl (C=O) groups is 1. The molecule has 0 heterocycles. The van der Waals surface area contributed by atoms with E-state index < -0.39 is 0 Å². The van der Waals surface area contributed by atoms with Gasteiger partial charge in [0.05, 0.1) is 0 Å². The van der Waals surface area contributed by atoms with Gasteiger partial charge < -0.3 is 10.6 Å². The summed E-state index contributed by atoms with van der Waals surface area (Å²) in [6.45, 7) is 6.88. The van der Waals surface area contributed by atoms with Gasteiger partial charge >= 0.3 is 0 Å². The van der Waals surface area contributed by atoms with E-state index in [4.69, 9.17) is 0 Å². The Morgan fingerprint density at radius 1 is 1.21 bits per heavy atom. The van der Waals surface area contributed by atoms with Gasteiger partial charge in [0.15, 0.2) is 0 Å². The second kappa shape index (κ2) is 8.70. The fourth-order valence-corrected chi connectivity index (χ4v) is 2.04. The summed E-state index contributed by atoms with van der Waals surface area (Å²) in [5.41, 5.74) is 1.34. The lowest BCUT2D eigenvalue weighted by molar-refractivity contribution is -0.121. The molecule has 3 nitrogen and oxygen atoms in total.